The van der Waals surface area contributed by atoms with Gasteiger partial charge in [0.15, 0.2) is 18.2 Å². The second-order valence-corrected chi connectivity index (χ2v) is 6.42. The number of fused-ring (bicyclic) bond motifs is 1. The van der Waals surface area contributed by atoms with E-state index in [1.807, 2.05) is 0 Å². The molecule has 29 heavy (non-hydrogen) atoms. The summed E-state index contributed by atoms with van der Waals surface area (Å²) in [6, 6.07) is 11.7. The Morgan fingerprint density at radius 2 is 1.79 bits per heavy atom. The van der Waals surface area contributed by atoms with Gasteiger partial charge in [-0.3, -0.25) is 14.5 Å². The number of anilines is 2. The Morgan fingerprint density at radius 3 is 2.48 bits per heavy atom. The Labute approximate surface area is 164 Å². The monoisotopic (exact) mass is 395 g/mol. The van der Waals surface area contributed by atoms with Crippen molar-refractivity contribution in [2.75, 3.05) is 23.9 Å². The number of carbonyl (C=O) groups is 2. The third-order valence-electron chi connectivity index (χ3n) is 4.54. The van der Waals surface area contributed by atoms with Crippen molar-refractivity contribution in [1.29, 1.82) is 0 Å². The maximum Gasteiger partial charge on any atom is 0.265 e. The van der Waals surface area contributed by atoms with E-state index >= 15 is 0 Å². The third-order valence-corrected chi connectivity index (χ3v) is 4.54. The van der Waals surface area contributed by atoms with Crippen molar-refractivity contribution in [1.82, 2.24) is 4.98 Å². The zero-order chi connectivity index (χ0) is 20.5. The number of benzene rings is 2. The third kappa shape index (κ3) is 3.52. The fraction of sp³-hybridized carbons (Fsp3) is 0.0952. The van der Waals surface area contributed by atoms with Crippen LogP contribution in [-0.2, 0) is 4.79 Å². The first kappa shape index (κ1) is 18.5. The first-order chi connectivity index (χ1) is 13.9. The van der Waals surface area contributed by atoms with Crippen LogP contribution in [0.3, 0.4) is 0 Å². The summed E-state index contributed by atoms with van der Waals surface area (Å²) in [5, 5.41) is 2.48. The molecule has 1 N–H and O–H groups in total. The van der Waals surface area contributed by atoms with Crippen LogP contribution in [0.1, 0.15) is 10.4 Å². The summed E-state index contributed by atoms with van der Waals surface area (Å²) in [5.41, 5.74) is 1.29. The van der Waals surface area contributed by atoms with Gasteiger partial charge in [0.25, 0.3) is 11.8 Å². The summed E-state index contributed by atoms with van der Waals surface area (Å²) >= 11 is 0. The second kappa shape index (κ2) is 7.31. The molecule has 0 saturated heterocycles. The van der Waals surface area contributed by atoms with Gasteiger partial charge in [0, 0.05) is 24.5 Å². The molecule has 0 aliphatic carbocycles. The molecule has 1 aliphatic rings. The summed E-state index contributed by atoms with van der Waals surface area (Å²) in [7, 11) is 1.63. The Morgan fingerprint density at radius 1 is 1.10 bits per heavy atom. The molecule has 3 aromatic rings. The van der Waals surface area contributed by atoms with Crippen LogP contribution in [0, 0.1) is 11.6 Å². The summed E-state index contributed by atoms with van der Waals surface area (Å²) in [6.45, 7) is -0.0494. The summed E-state index contributed by atoms with van der Waals surface area (Å²) < 4.78 is 32.9. The van der Waals surface area contributed by atoms with Crippen LogP contribution in [0.2, 0.25) is 0 Å². The minimum Gasteiger partial charge on any atom is -0.480 e. The average Bonchev–Trinajstić information content (AvgIpc) is 2.71. The van der Waals surface area contributed by atoms with E-state index in [9.17, 15) is 18.4 Å². The number of amides is 2. The normalized spacial score (nSPS) is 12.9. The molecule has 1 aliphatic heterocycles. The van der Waals surface area contributed by atoms with Gasteiger partial charge in [-0.2, -0.15) is 0 Å². The number of carbonyl (C=O) groups excluding carboxylic acids is 2. The van der Waals surface area contributed by atoms with Gasteiger partial charge >= 0.3 is 0 Å². The van der Waals surface area contributed by atoms with E-state index < -0.39 is 23.1 Å². The van der Waals surface area contributed by atoms with Gasteiger partial charge in [-0.05, 0) is 35.9 Å². The molecule has 1 aromatic heterocycles. The molecule has 0 saturated carbocycles. The van der Waals surface area contributed by atoms with Crippen LogP contribution in [0.4, 0.5) is 20.3 Å². The molecule has 2 heterocycles. The zero-order valence-corrected chi connectivity index (χ0v) is 15.3. The van der Waals surface area contributed by atoms with Gasteiger partial charge in [-0.1, -0.05) is 18.2 Å². The van der Waals surface area contributed by atoms with E-state index in [1.54, 1.807) is 43.6 Å². The number of ether oxygens (including phenoxy) is 1. The number of nitrogens with one attached hydrogen (secondary N) is 1. The molecule has 0 spiro atoms. The molecule has 0 unspecified atom stereocenters. The van der Waals surface area contributed by atoms with Gasteiger partial charge in [-0.25, -0.2) is 13.8 Å². The maximum absolute atomic E-state index is 13.7. The van der Waals surface area contributed by atoms with Gasteiger partial charge in [0.05, 0.1) is 0 Å². The molecule has 6 nitrogen and oxygen atoms in total. The first-order valence-electron chi connectivity index (χ1n) is 8.69. The van der Waals surface area contributed by atoms with Gasteiger partial charge in [-0.15, -0.1) is 0 Å². The van der Waals surface area contributed by atoms with Crippen molar-refractivity contribution in [2.24, 2.45) is 0 Å². The van der Waals surface area contributed by atoms with Crippen molar-refractivity contribution in [2.45, 2.75) is 0 Å². The molecule has 0 radical (unpaired) electrons. The summed E-state index contributed by atoms with van der Waals surface area (Å²) in [4.78, 5) is 29.6. The van der Waals surface area contributed by atoms with Crippen LogP contribution < -0.4 is 15.0 Å². The van der Waals surface area contributed by atoms with E-state index in [2.05, 4.69) is 10.3 Å². The zero-order valence-electron chi connectivity index (χ0n) is 15.3. The minimum absolute atomic E-state index is 0.0494. The topological polar surface area (TPSA) is 71.5 Å². The number of hydrogen-bond acceptors (Lipinski definition) is 4. The molecule has 0 fully saturated rings. The van der Waals surface area contributed by atoms with Crippen LogP contribution in [0.15, 0.2) is 54.7 Å². The molecule has 8 heteroatoms. The van der Waals surface area contributed by atoms with E-state index in [0.29, 0.717) is 17.3 Å². The lowest BCUT2D eigenvalue weighted by Crippen LogP contribution is -2.36. The fourth-order valence-corrected chi connectivity index (χ4v) is 2.96. The Kier molecular flexibility index (Phi) is 4.67. The predicted molar refractivity (Wildman–Crippen MR) is 103 cm³/mol. The number of pyridine rings is 1. The maximum atomic E-state index is 13.7. The van der Waals surface area contributed by atoms with E-state index in [4.69, 9.17) is 4.74 Å². The van der Waals surface area contributed by atoms with Crippen LogP contribution in [0.5, 0.6) is 5.75 Å². The average molecular weight is 395 g/mol. The molecule has 2 amide bonds. The highest BCUT2D eigenvalue weighted by Gasteiger charge is 2.24. The lowest BCUT2D eigenvalue weighted by molar-refractivity contribution is -0.121. The summed E-state index contributed by atoms with van der Waals surface area (Å²) in [5.74, 6) is -1.96. The summed E-state index contributed by atoms with van der Waals surface area (Å²) in [6.07, 6.45) is 1.61. The van der Waals surface area contributed by atoms with Crippen molar-refractivity contribution in [3.05, 3.63) is 71.9 Å². The highest BCUT2D eigenvalue weighted by molar-refractivity contribution is 6.04. The lowest BCUT2D eigenvalue weighted by Gasteiger charge is -2.24. The minimum atomic E-state index is -0.928. The highest BCUT2D eigenvalue weighted by atomic mass is 19.1. The molecule has 4 rings (SSSR count). The van der Waals surface area contributed by atoms with Gasteiger partial charge in [0.1, 0.15) is 17.2 Å². The number of rotatable bonds is 3. The van der Waals surface area contributed by atoms with Crippen molar-refractivity contribution < 1.29 is 23.1 Å². The molecule has 0 bridgehead atoms. The number of halogens is 2. The SMILES string of the molecule is CN1C(=O)COc2cc(-c3ccc(NC(=O)c4c(F)cccc4F)cc3)cnc21. The van der Waals surface area contributed by atoms with E-state index in [0.717, 1.165) is 23.3 Å². The molecule has 0 atom stereocenters. The van der Waals surface area contributed by atoms with Crippen LogP contribution in [-0.4, -0.2) is 30.5 Å². The Balaban J connectivity index is 1.54. The smallest absolute Gasteiger partial charge is 0.265 e. The van der Waals surface area contributed by atoms with Gasteiger partial charge in [0.2, 0.25) is 0 Å². The Bertz CT molecular complexity index is 1100. The molecule has 146 valence electrons. The molecular weight excluding hydrogens is 380 g/mol. The quantitative estimate of drug-likeness (QED) is 0.735. The first-order valence-corrected chi connectivity index (χ1v) is 8.69. The number of nitrogens with zero attached hydrogens (tertiary/aromatic N) is 2. The number of hydrogen-bond donors (Lipinski definition) is 1. The van der Waals surface area contributed by atoms with Crippen molar-refractivity contribution in [3.63, 3.8) is 0 Å². The van der Waals surface area contributed by atoms with Crippen LogP contribution in [0.25, 0.3) is 11.1 Å². The van der Waals surface area contributed by atoms with Crippen LogP contribution >= 0.6 is 0 Å². The molecular formula is C21H15F2N3O3. The predicted octanol–water partition coefficient (Wildman–Crippen LogP) is 3.63. The lowest BCUT2D eigenvalue weighted by atomic mass is 10.1. The van der Waals surface area contributed by atoms with Crippen molar-refractivity contribution >= 4 is 23.3 Å². The van der Waals surface area contributed by atoms with Crippen molar-refractivity contribution in [3.8, 4) is 16.9 Å². The highest BCUT2D eigenvalue weighted by Crippen LogP contribution is 2.33. The molecule has 2 aromatic carbocycles. The fourth-order valence-electron chi connectivity index (χ4n) is 2.96. The number of likely N-dealkylation sites (N-methyl/N-ethyl adjacent to an activating group) is 1. The number of aromatic nitrogens is 1. The van der Waals surface area contributed by atoms with E-state index in [-0.39, 0.29) is 12.5 Å². The van der Waals surface area contributed by atoms with E-state index in [1.165, 1.54) is 11.0 Å². The Hall–Kier alpha value is -3.81. The second-order valence-electron chi connectivity index (χ2n) is 6.42. The largest absolute Gasteiger partial charge is 0.480 e. The standard InChI is InChI=1S/C21H15F2N3O3/c1-26-18(27)11-29-17-9-13(10-24-20(17)26)12-5-7-14(8-6-12)25-21(28)19-15(22)3-2-4-16(19)23/h2-10H,11H2,1H3,(H,25,28). The van der Waals surface area contributed by atoms with Gasteiger partial charge < -0.3 is 10.1 Å².